The topological polar surface area (TPSA) is 12.0 Å². The second-order valence-corrected chi connectivity index (χ2v) is 3.93. The van der Waals surface area contributed by atoms with E-state index in [1.165, 1.54) is 27.7 Å². The first-order valence-corrected chi connectivity index (χ1v) is 5.31. The van der Waals surface area contributed by atoms with Gasteiger partial charge in [-0.15, -0.1) is 0 Å². The quantitative estimate of drug-likeness (QED) is 0.675. The molecule has 0 aromatic heterocycles. The van der Waals surface area contributed by atoms with Gasteiger partial charge >= 0.3 is 0 Å². The summed E-state index contributed by atoms with van der Waals surface area (Å²) in [6, 6.07) is 12.9. The van der Waals surface area contributed by atoms with Crippen LogP contribution in [0.4, 0.5) is 5.69 Å². The molecule has 0 radical (unpaired) electrons. The molecule has 0 spiro atoms. The van der Waals surface area contributed by atoms with Gasteiger partial charge in [0.15, 0.2) is 0 Å². The summed E-state index contributed by atoms with van der Waals surface area (Å²) in [5.41, 5.74) is 4.00. The Morgan fingerprint density at radius 3 is 2.87 bits per heavy atom. The van der Waals surface area contributed by atoms with Gasteiger partial charge in [-0.2, -0.15) is 0 Å². The Bertz CT molecular complexity index is 552. The van der Waals surface area contributed by atoms with Crippen LogP contribution in [0.15, 0.2) is 48.2 Å². The molecule has 2 aromatic carbocycles. The molecule has 0 fully saturated rings. The Hall–Kier alpha value is -1.76. The number of allylic oxidation sites excluding steroid dienone is 2. The lowest BCUT2D eigenvalue weighted by Gasteiger charge is -2.03. The monoisotopic (exact) mass is 195 g/mol. The molecule has 1 nitrogen and oxygen atoms in total. The van der Waals surface area contributed by atoms with Crippen LogP contribution in [-0.4, -0.2) is 0 Å². The molecule has 0 saturated heterocycles. The van der Waals surface area contributed by atoms with E-state index in [9.17, 15) is 0 Å². The van der Waals surface area contributed by atoms with Crippen molar-refractivity contribution in [3.8, 4) is 0 Å². The Kier molecular flexibility index (Phi) is 1.78. The number of anilines is 1. The SMILES string of the molecule is CC=C1Cc2c(ccc3ccccc23)N1. The number of rotatable bonds is 0. The molecule has 74 valence electrons. The Morgan fingerprint density at radius 2 is 2.00 bits per heavy atom. The fraction of sp³-hybridized carbons (Fsp3) is 0.143. The van der Waals surface area contributed by atoms with Crippen LogP contribution in [0.1, 0.15) is 12.5 Å². The molecule has 1 N–H and O–H groups in total. The van der Waals surface area contributed by atoms with Crippen molar-refractivity contribution in [3.63, 3.8) is 0 Å². The first-order valence-electron chi connectivity index (χ1n) is 5.31. The first kappa shape index (κ1) is 8.54. The average molecular weight is 195 g/mol. The zero-order valence-corrected chi connectivity index (χ0v) is 8.75. The second kappa shape index (κ2) is 3.13. The third-order valence-electron chi connectivity index (χ3n) is 3.05. The largest absolute Gasteiger partial charge is 0.359 e. The maximum absolute atomic E-state index is 3.44. The van der Waals surface area contributed by atoms with Crippen molar-refractivity contribution in [2.75, 3.05) is 5.32 Å². The van der Waals surface area contributed by atoms with E-state index in [4.69, 9.17) is 0 Å². The maximum Gasteiger partial charge on any atom is 0.0424 e. The van der Waals surface area contributed by atoms with Gasteiger partial charge < -0.3 is 5.32 Å². The standard InChI is InChI=1S/C14H13N/c1-2-11-9-13-12-6-4-3-5-10(12)7-8-14(13)15-11/h2-8,15H,9H2,1H3. The summed E-state index contributed by atoms with van der Waals surface area (Å²) < 4.78 is 0. The van der Waals surface area contributed by atoms with Crippen LogP contribution in [0.25, 0.3) is 10.8 Å². The normalized spacial score (nSPS) is 16.7. The van der Waals surface area contributed by atoms with Crippen molar-refractivity contribution >= 4 is 16.5 Å². The molecule has 15 heavy (non-hydrogen) atoms. The van der Waals surface area contributed by atoms with Crippen LogP contribution < -0.4 is 5.32 Å². The lowest BCUT2D eigenvalue weighted by Crippen LogP contribution is -1.89. The number of fused-ring (bicyclic) bond motifs is 3. The lowest BCUT2D eigenvalue weighted by molar-refractivity contribution is 1.25. The minimum Gasteiger partial charge on any atom is -0.359 e. The average Bonchev–Trinajstić information content (AvgIpc) is 2.72. The minimum atomic E-state index is 1.03. The highest BCUT2D eigenvalue weighted by atomic mass is 14.9. The van der Waals surface area contributed by atoms with Crippen molar-refractivity contribution in [2.24, 2.45) is 0 Å². The molecule has 1 heteroatoms. The Morgan fingerprint density at radius 1 is 1.13 bits per heavy atom. The summed E-state index contributed by atoms with van der Waals surface area (Å²) in [6.07, 6.45) is 3.18. The molecule has 0 atom stereocenters. The van der Waals surface area contributed by atoms with E-state index in [2.05, 4.69) is 54.7 Å². The van der Waals surface area contributed by atoms with E-state index < -0.39 is 0 Å². The summed E-state index contributed by atoms with van der Waals surface area (Å²) in [7, 11) is 0. The van der Waals surface area contributed by atoms with Gasteiger partial charge in [-0.25, -0.2) is 0 Å². The van der Waals surface area contributed by atoms with Crippen LogP contribution in [0.5, 0.6) is 0 Å². The van der Waals surface area contributed by atoms with Gasteiger partial charge in [0.2, 0.25) is 0 Å². The predicted molar refractivity (Wildman–Crippen MR) is 65.0 cm³/mol. The van der Waals surface area contributed by atoms with Gasteiger partial charge in [-0.05, 0) is 29.3 Å². The fourth-order valence-electron chi connectivity index (χ4n) is 2.23. The van der Waals surface area contributed by atoms with Crippen molar-refractivity contribution in [3.05, 3.63) is 53.7 Å². The number of nitrogens with one attached hydrogen (secondary N) is 1. The second-order valence-electron chi connectivity index (χ2n) is 3.93. The van der Waals surface area contributed by atoms with Crippen LogP contribution in [0.2, 0.25) is 0 Å². The maximum atomic E-state index is 3.44. The number of hydrogen-bond donors (Lipinski definition) is 1. The molecule has 0 saturated carbocycles. The van der Waals surface area contributed by atoms with Crippen molar-refractivity contribution in [2.45, 2.75) is 13.3 Å². The van der Waals surface area contributed by atoms with Gasteiger partial charge in [-0.3, -0.25) is 0 Å². The highest BCUT2D eigenvalue weighted by Gasteiger charge is 2.15. The van der Waals surface area contributed by atoms with Crippen LogP contribution in [0, 0.1) is 0 Å². The van der Waals surface area contributed by atoms with Crippen LogP contribution in [-0.2, 0) is 6.42 Å². The van der Waals surface area contributed by atoms with E-state index in [-0.39, 0.29) is 0 Å². The van der Waals surface area contributed by atoms with Crippen molar-refractivity contribution in [1.29, 1.82) is 0 Å². The number of hydrogen-bond acceptors (Lipinski definition) is 1. The highest BCUT2D eigenvalue weighted by Crippen LogP contribution is 2.33. The van der Waals surface area contributed by atoms with E-state index in [0.29, 0.717) is 0 Å². The fourth-order valence-corrected chi connectivity index (χ4v) is 2.23. The van der Waals surface area contributed by atoms with E-state index >= 15 is 0 Å². The summed E-state index contributed by atoms with van der Waals surface area (Å²) >= 11 is 0. The van der Waals surface area contributed by atoms with Gasteiger partial charge in [0.1, 0.15) is 0 Å². The van der Waals surface area contributed by atoms with E-state index in [1.54, 1.807) is 0 Å². The molecule has 0 bridgehead atoms. The minimum absolute atomic E-state index is 1.03. The molecule has 0 amide bonds. The zero-order chi connectivity index (χ0) is 10.3. The van der Waals surface area contributed by atoms with E-state index in [0.717, 1.165) is 6.42 Å². The molecular formula is C14H13N. The van der Waals surface area contributed by atoms with Crippen LogP contribution >= 0.6 is 0 Å². The molecule has 1 heterocycles. The first-order chi connectivity index (χ1) is 7.38. The predicted octanol–water partition coefficient (Wildman–Crippen LogP) is 3.71. The van der Waals surface area contributed by atoms with Gasteiger partial charge in [0.05, 0.1) is 0 Å². The Balaban J connectivity index is 2.29. The third-order valence-corrected chi connectivity index (χ3v) is 3.05. The Labute approximate surface area is 89.4 Å². The lowest BCUT2D eigenvalue weighted by atomic mass is 10.0. The van der Waals surface area contributed by atoms with Crippen molar-refractivity contribution in [1.82, 2.24) is 0 Å². The molecular weight excluding hydrogens is 182 g/mol. The summed E-state index contributed by atoms with van der Waals surface area (Å²) in [6.45, 7) is 2.08. The zero-order valence-electron chi connectivity index (χ0n) is 8.75. The summed E-state index contributed by atoms with van der Waals surface area (Å²) in [5.74, 6) is 0. The molecule has 1 aliphatic heterocycles. The number of benzene rings is 2. The molecule has 1 aliphatic rings. The smallest absolute Gasteiger partial charge is 0.0424 e. The summed E-state index contributed by atoms with van der Waals surface area (Å²) in [5, 5.41) is 6.14. The molecule has 2 aromatic rings. The van der Waals surface area contributed by atoms with Gasteiger partial charge in [0, 0.05) is 17.8 Å². The molecule has 0 unspecified atom stereocenters. The van der Waals surface area contributed by atoms with E-state index in [1.807, 2.05) is 0 Å². The third kappa shape index (κ3) is 1.23. The van der Waals surface area contributed by atoms with Crippen molar-refractivity contribution < 1.29 is 0 Å². The van der Waals surface area contributed by atoms with Gasteiger partial charge in [0.25, 0.3) is 0 Å². The van der Waals surface area contributed by atoms with Crippen LogP contribution in [0.3, 0.4) is 0 Å². The highest BCUT2D eigenvalue weighted by molar-refractivity contribution is 5.92. The summed E-state index contributed by atoms with van der Waals surface area (Å²) in [4.78, 5) is 0. The molecule has 3 rings (SSSR count). The molecule has 0 aliphatic carbocycles. The van der Waals surface area contributed by atoms with Gasteiger partial charge in [-0.1, -0.05) is 36.4 Å².